The van der Waals surface area contributed by atoms with Gasteiger partial charge in [-0.1, -0.05) is 18.2 Å². The Balaban J connectivity index is 2.02. The molecule has 0 N–H and O–H groups in total. The zero-order chi connectivity index (χ0) is 12.5. The normalized spacial score (nSPS) is 13.4. The van der Waals surface area contributed by atoms with Gasteiger partial charge in [0.2, 0.25) is 0 Å². The molecule has 0 saturated heterocycles. The SMILES string of the molecule is O=[N+]([O-])c1ccnc(N2CCc3ccccc32)c1. The number of nitro groups is 1. The lowest BCUT2D eigenvalue weighted by atomic mass is 10.2. The molecule has 18 heavy (non-hydrogen) atoms. The first-order valence-corrected chi connectivity index (χ1v) is 5.71. The van der Waals surface area contributed by atoms with Crippen molar-refractivity contribution in [2.75, 3.05) is 11.4 Å². The Morgan fingerprint density at radius 3 is 2.94 bits per heavy atom. The van der Waals surface area contributed by atoms with Gasteiger partial charge < -0.3 is 4.90 Å². The van der Waals surface area contributed by atoms with Gasteiger partial charge in [0.25, 0.3) is 5.69 Å². The predicted octanol–water partition coefficient (Wildman–Crippen LogP) is 2.68. The summed E-state index contributed by atoms with van der Waals surface area (Å²) in [5.74, 6) is 0.633. The van der Waals surface area contributed by atoms with Crippen LogP contribution in [0.25, 0.3) is 0 Å². The number of nitrogens with zero attached hydrogens (tertiary/aromatic N) is 3. The van der Waals surface area contributed by atoms with E-state index in [-0.39, 0.29) is 5.69 Å². The molecule has 1 aliphatic heterocycles. The van der Waals surface area contributed by atoms with E-state index in [0.717, 1.165) is 18.7 Å². The molecule has 90 valence electrons. The first kappa shape index (κ1) is 10.7. The highest BCUT2D eigenvalue weighted by Crippen LogP contribution is 2.33. The van der Waals surface area contributed by atoms with Gasteiger partial charge in [-0.2, -0.15) is 0 Å². The van der Waals surface area contributed by atoms with Gasteiger partial charge in [0.15, 0.2) is 0 Å². The third-order valence-electron chi connectivity index (χ3n) is 3.10. The van der Waals surface area contributed by atoms with Gasteiger partial charge in [0, 0.05) is 24.5 Å². The number of rotatable bonds is 2. The van der Waals surface area contributed by atoms with E-state index in [9.17, 15) is 10.1 Å². The predicted molar refractivity (Wildman–Crippen MR) is 68.0 cm³/mol. The third-order valence-corrected chi connectivity index (χ3v) is 3.10. The van der Waals surface area contributed by atoms with Gasteiger partial charge >= 0.3 is 0 Å². The summed E-state index contributed by atoms with van der Waals surface area (Å²) in [6.45, 7) is 0.813. The molecule has 0 fully saturated rings. The maximum Gasteiger partial charge on any atom is 0.274 e. The highest BCUT2D eigenvalue weighted by atomic mass is 16.6. The second-order valence-electron chi connectivity index (χ2n) is 4.16. The average molecular weight is 241 g/mol. The summed E-state index contributed by atoms with van der Waals surface area (Å²) in [5, 5.41) is 10.8. The Hall–Kier alpha value is -2.43. The van der Waals surface area contributed by atoms with Crippen molar-refractivity contribution in [3.63, 3.8) is 0 Å². The van der Waals surface area contributed by atoms with Crippen molar-refractivity contribution in [2.45, 2.75) is 6.42 Å². The number of anilines is 2. The Labute approximate surface area is 104 Å². The maximum absolute atomic E-state index is 10.8. The number of benzene rings is 1. The van der Waals surface area contributed by atoms with Gasteiger partial charge in [-0.15, -0.1) is 0 Å². The number of para-hydroxylation sites is 1. The van der Waals surface area contributed by atoms with Crippen LogP contribution in [-0.2, 0) is 6.42 Å². The van der Waals surface area contributed by atoms with Crippen molar-refractivity contribution < 1.29 is 4.92 Å². The van der Waals surface area contributed by atoms with Crippen molar-refractivity contribution in [2.24, 2.45) is 0 Å². The van der Waals surface area contributed by atoms with Crippen molar-refractivity contribution >= 4 is 17.2 Å². The number of hydrogen-bond acceptors (Lipinski definition) is 4. The van der Waals surface area contributed by atoms with E-state index in [1.54, 1.807) is 0 Å². The first-order chi connectivity index (χ1) is 8.75. The Kier molecular flexibility index (Phi) is 2.44. The van der Waals surface area contributed by atoms with Crippen LogP contribution in [-0.4, -0.2) is 16.5 Å². The lowest BCUT2D eigenvalue weighted by molar-refractivity contribution is -0.384. The molecule has 0 spiro atoms. The van der Waals surface area contributed by atoms with Crippen molar-refractivity contribution in [3.8, 4) is 0 Å². The van der Waals surface area contributed by atoms with Crippen molar-refractivity contribution in [1.29, 1.82) is 0 Å². The highest BCUT2D eigenvalue weighted by Gasteiger charge is 2.21. The molecule has 0 amide bonds. The van der Waals surface area contributed by atoms with Gasteiger partial charge in [-0.3, -0.25) is 10.1 Å². The molecular weight excluding hydrogens is 230 g/mol. The molecule has 2 heterocycles. The highest BCUT2D eigenvalue weighted by molar-refractivity contribution is 5.68. The lowest BCUT2D eigenvalue weighted by Crippen LogP contribution is -2.14. The van der Waals surface area contributed by atoms with E-state index in [0.29, 0.717) is 5.82 Å². The van der Waals surface area contributed by atoms with Crippen LogP contribution in [0.5, 0.6) is 0 Å². The van der Waals surface area contributed by atoms with E-state index in [1.807, 2.05) is 23.1 Å². The molecule has 5 heteroatoms. The second kappa shape index (κ2) is 4.10. The van der Waals surface area contributed by atoms with E-state index < -0.39 is 4.92 Å². The molecule has 0 atom stereocenters. The Bertz CT molecular complexity index is 613. The molecule has 0 saturated carbocycles. The summed E-state index contributed by atoms with van der Waals surface area (Å²) >= 11 is 0. The molecule has 1 aliphatic rings. The van der Waals surface area contributed by atoms with E-state index in [2.05, 4.69) is 11.1 Å². The number of aromatic nitrogens is 1. The number of pyridine rings is 1. The summed E-state index contributed by atoms with van der Waals surface area (Å²) in [6, 6.07) is 11.0. The Morgan fingerprint density at radius 2 is 2.11 bits per heavy atom. The molecule has 1 aromatic carbocycles. The van der Waals surface area contributed by atoms with E-state index >= 15 is 0 Å². The van der Waals surface area contributed by atoms with Crippen molar-refractivity contribution in [3.05, 3.63) is 58.3 Å². The van der Waals surface area contributed by atoms with Crippen LogP contribution >= 0.6 is 0 Å². The van der Waals surface area contributed by atoms with Crippen LogP contribution in [0.2, 0.25) is 0 Å². The van der Waals surface area contributed by atoms with Crippen LogP contribution in [0.3, 0.4) is 0 Å². The lowest BCUT2D eigenvalue weighted by Gasteiger charge is -2.17. The quantitative estimate of drug-likeness (QED) is 0.599. The minimum Gasteiger partial charge on any atom is -0.326 e. The number of fused-ring (bicyclic) bond motifs is 1. The summed E-state index contributed by atoms with van der Waals surface area (Å²) in [7, 11) is 0. The minimum atomic E-state index is -0.396. The van der Waals surface area contributed by atoms with Crippen LogP contribution in [0, 0.1) is 10.1 Å². The summed E-state index contributed by atoms with van der Waals surface area (Å²) in [4.78, 5) is 16.6. The molecule has 0 bridgehead atoms. The number of hydrogen-bond donors (Lipinski definition) is 0. The fourth-order valence-corrected chi connectivity index (χ4v) is 2.25. The second-order valence-corrected chi connectivity index (χ2v) is 4.16. The van der Waals surface area contributed by atoms with Crippen LogP contribution in [0.4, 0.5) is 17.2 Å². The van der Waals surface area contributed by atoms with Gasteiger partial charge in [0.1, 0.15) is 5.82 Å². The van der Waals surface area contributed by atoms with Gasteiger partial charge in [0.05, 0.1) is 11.0 Å². The molecule has 0 unspecified atom stereocenters. The largest absolute Gasteiger partial charge is 0.326 e. The molecule has 5 nitrogen and oxygen atoms in total. The van der Waals surface area contributed by atoms with Crippen LogP contribution in [0.1, 0.15) is 5.56 Å². The molecule has 0 aliphatic carbocycles. The third kappa shape index (κ3) is 1.69. The summed E-state index contributed by atoms with van der Waals surface area (Å²) < 4.78 is 0. The smallest absolute Gasteiger partial charge is 0.274 e. The fourth-order valence-electron chi connectivity index (χ4n) is 2.25. The van der Waals surface area contributed by atoms with Crippen LogP contribution in [0.15, 0.2) is 42.6 Å². The van der Waals surface area contributed by atoms with E-state index in [4.69, 9.17) is 0 Å². The molecular formula is C13H11N3O2. The first-order valence-electron chi connectivity index (χ1n) is 5.71. The molecule has 2 aromatic rings. The maximum atomic E-state index is 10.8. The average Bonchev–Trinajstić information content (AvgIpc) is 2.82. The Morgan fingerprint density at radius 1 is 1.28 bits per heavy atom. The molecule has 0 radical (unpaired) electrons. The molecule has 3 rings (SSSR count). The van der Waals surface area contributed by atoms with Crippen molar-refractivity contribution in [1.82, 2.24) is 4.98 Å². The van der Waals surface area contributed by atoms with Crippen LogP contribution < -0.4 is 4.90 Å². The zero-order valence-electron chi connectivity index (χ0n) is 9.61. The molecule has 1 aromatic heterocycles. The monoisotopic (exact) mass is 241 g/mol. The van der Waals surface area contributed by atoms with Gasteiger partial charge in [-0.25, -0.2) is 4.98 Å². The topological polar surface area (TPSA) is 59.3 Å². The minimum absolute atomic E-state index is 0.0735. The standard InChI is InChI=1S/C13H11N3O2/c17-16(18)11-5-7-14-13(9-11)15-8-6-10-3-1-2-4-12(10)15/h1-5,7,9H,6,8H2. The van der Waals surface area contributed by atoms with E-state index in [1.165, 1.54) is 23.9 Å². The summed E-state index contributed by atoms with van der Waals surface area (Å²) in [6.07, 6.45) is 2.43. The summed E-state index contributed by atoms with van der Waals surface area (Å²) in [5.41, 5.74) is 2.42. The zero-order valence-corrected chi connectivity index (χ0v) is 9.61. The van der Waals surface area contributed by atoms with Gasteiger partial charge in [-0.05, 0) is 18.1 Å². The fraction of sp³-hybridized carbons (Fsp3) is 0.154.